The van der Waals surface area contributed by atoms with Crippen molar-refractivity contribution in [1.29, 1.82) is 0 Å². The lowest BCUT2D eigenvalue weighted by atomic mass is 10.2. The summed E-state index contributed by atoms with van der Waals surface area (Å²) in [6.07, 6.45) is 1.39. The van der Waals surface area contributed by atoms with Gasteiger partial charge in [-0.1, -0.05) is 71.5 Å². The van der Waals surface area contributed by atoms with Crippen LogP contribution in [0.2, 0.25) is 5.15 Å². The van der Waals surface area contributed by atoms with Gasteiger partial charge in [-0.15, -0.1) is 0 Å². The largest absolute Gasteiger partial charge is 0.309 e. The number of hydrazone groups is 1. The minimum Gasteiger partial charge on any atom is -0.284 e. The van der Waals surface area contributed by atoms with Gasteiger partial charge < -0.3 is 0 Å². The second-order valence-electron chi connectivity index (χ2n) is 5.16. The van der Waals surface area contributed by atoms with Gasteiger partial charge in [-0.05, 0) is 17.7 Å². The van der Waals surface area contributed by atoms with Crippen molar-refractivity contribution in [2.24, 2.45) is 5.10 Å². The highest BCUT2D eigenvalue weighted by Gasteiger charge is 2.12. The van der Waals surface area contributed by atoms with E-state index < -0.39 is 0 Å². The monoisotopic (exact) mass is 371 g/mol. The van der Waals surface area contributed by atoms with Crippen molar-refractivity contribution in [1.82, 2.24) is 9.99 Å². The summed E-state index contributed by atoms with van der Waals surface area (Å²) in [7, 11) is 0. The van der Waals surface area contributed by atoms with Crippen LogP contribution in [0.4, 0.5) is 0 Å². The minimum atomic E-state index is -0.330. The summed E-state index contributed by atoms with van der Waals surface area (Å²) in [4.78, 5) is 24.4. The number of nitrogens with one attached hydrogen (secondary N) is 1. The Morgan fingerprint density at radius 3 is 2.44 bits per heavy atom. The zero-order valence-electron chi connectivity index (χ0n) is 13.1. The van der Waals surface area contributed by atoms with Crippen molar-refractivity contribution in [3.05, 3.63) is 91.5 Å². The molecule has 0 radical (unpaired) electrons. The number of nitrogens with zero attached hydrogens (tertiary/aromatic N) is 2. The average Bonchev–Trinajstić information content (AvgIpc) is 2.91. The van der Waals surface area contributed by atoms with E-state index in [2.05, 4.69) is 10.5 Å². The molecule has 0 aliphatic carbocycles. The van der Waals surface area contributed by atoms with Crippen molar-refractivity contribution in [3.8, 4) is 0 Å². The van der Waals surface area contributed by atoms with Gasteiger partial charge in [0, 0.05) is 5.56 Å². The van der Waals surface area contributed by atoms with Crippen LogP contribution in [0.5, 0.6) is 0 Å². The molecule has 1 N–H and O–H groups in total. The lowest BCUT2D eigenvalue weighted by Gasteiger charge is -2.03. The molecule has 0 saturated carbocycles. The van der Waals surface area contributed by atoms with Gasteiger partial charge in [-0.2, -0.15) is 5.10 Å². The maximum Gasteiger partial charge on any atom is 0.309 e. The van der Waals surface area contributed by atoms with Crippen molar-refractivity contribution in [2.75, 3.05) is 0 Å². The van der Waals surface area contributed by atoms with Gasteiger partial charge >= 0.3 is 4.87 Å². The van der Waals surface area contributed by atoms with Crippen molar-refractivity contribution in [2.45, 2.75) is 6.54 Å². The maximum atomic E-state index is 12.1. The summed E-state index contributed by atoms with van der Waals surface area (Å²) in [5.74, 6) is -0.330. The molecule has 0 atom stereocenters. The molecular weight excluding hydrogens is 358 g/mol. The highest BCUT2D eigenvalue weighted by molar-refractivity contribution is 7.11. The predicted octanol–water partition coefficient (Wildman–Crippen LogP) is 3.38. The zero-order valence-corrected chi connectivity index (χ0v) is 14.6. The Bertz CT molecular complexity index is 949. The van der Waals surface area contributed by atoms with Gasteiger partial charge in [-0.3, -0.25) is 14.2 Å². The molecule has 2 aromatic carbocycles. The van der Waals surface area contributed by atoms with Crippen LogP contribution >= 0.6 is 22.9 Å². The van der Waals surface area contributed by atoms with Crippen molar-refractivity contribution < 1.29 is 4.79 Å². The molecule has 0 unspecified atom stereocenters. The maximum absolute atomic E-state index is 12.1. The Labute approximate surface area is 153 Å². The number of thiazole rings is 1. The second kappa shape index (κ2) is 7.92. The Morgan fingerprint density at radius 2 is 1.76 bits per heavy atom. The summed E-state index contributed by atoms with van der Waals surface area (Å²) in [5, 5.41) is 4.19. The molecule has 0 saturated heterocycles. The highest BCUT2D eigenvalue weighted by atomic mass is 35.5. The van der Waals surface area contributed by atoms with Crippen LogP contribution in [0.3, 0.4) is 0 Å². The SMILES string of the molecule is O=C(NN=Cc1sc(=O)n(Cc2ccccc2)c1Cl)c1ccccc1. The van der Waals surface area contributed by atoms with Gasteiger partial charge in [0.05, 0.1) is 17.6 Å². The molecule has 25 heavy (non-hydrogen) atoms. The van der Waals surface area contributed by atoms with Crippen LogP contribution in [0, 0.1) is 0 Å². The number of benzene rings is 2. The van der Waals surface area contributed by atoms with Crippen LogP contribution in [-0.4, -0.2) is 16.7 Å². The molecule has 1 heterocycles. The fourth-order valence-electron chi connectivity index (χ4n) is 2.19. The molecule has 1 aromatic heterocycles. The van der Waals surface area contributed by atoms with Crippen LogP contribution in [0.15, 0.2) is 70.6 Å². The number of rotatable bonds is 5. The molecule has 0 fully saturated rings. The second-order valence-corrected chi connectivity index (χ2v) is 6.51. The quantitative estimate of drug-likeness (QED) is 0.552. The van der Waals surface area contributed by atoms with E-state index in [4.69, 9.17) is 11.6 Å². The Hall–Kier alpha value is -2.70. The third-order valence-electron chi connectivity index (χ3n) is 3.43. The first kappa shape index (κ1) is 17.1. The van der Waals surface area contributed by atoms with Crippen LogP contribution < -0.4 is 10.3 Å². The van der Waals surface area contributed by atoms with Crippen LogP contribution in [0.25, 0.3) is 0 Å². The first-order chi connectivity index (χ1) is 12.1. The molecule has 126 valence electrons. The predicted molar refractivity (Wildman–Crippen MR) is 101 cm³/mol. The van der Waals surface area contributed by atoms with E-state index >= 15 is 0 Å². The number of hydrogen-bond acceptors (Lipinski definition) is 4. The van der Waals surface area contributed by atoms with Gasteiger partial charge in [0.2, 0.25) is 0 Å². The topological polar surface area (TPSA) is 63.5 Å². The number of amides is 1. The van der Waals surface area contributed by atoms with Crippen LogP contribution in [-0.2, 0) is 6.54 Å². The van der Waals surface area contributed by atoms with Gasteiger partial charge in [-0.25, -0.2) is 5.43 Å². The Morgan fingerprint density at radius 1 is 1.12 bits per heavy atom. The molecule has 3 aromatic rings. The van der Waals surface area contributed by atoms with Gasteiger partial charge in [0.15, 0.2) is 0 Å². The number of aromatic nitrogens is 1. The summed E-state index contributed by atoms with van der Waals surface area (Å²) in [5.41, 5.74) is 3.90. The average molecular weight is 372 g/mol. The molecule has 1 amide bonds. The van der Waals surface area contributed by atoms with Crippen LogP contribution in [0.1, 0.15) is 20.8 Å². The molecule has 5 nitrogen and oxygen atoms in total. The number of carbonyl (C=O) groups is 1. The zero-order chi connectivity index (χ0) is 17.6. The Kier molecular flexibility index (Phi) is 5.42. The standard InChI is InChI=1S/C18H14ClN3O2S/c19-16-15(11-20-21-17(23)14-9-5-2-6-10-14)25-18(24)22(16)12-13-7-3-1-4-8-13/h1-11H,12H2,(H,21,23). The summed E-state index contributed by atoms with van der Waals surface area (Å²) < 4.78 is 1.47. The fourth-order valence-corrected chi connectivity index (χ4v) is 3.29. The van der Waals surface area contributed by atoms with E-state index in [1.165, 1.54) is 10.8 Å². The van der Waals surface area contributed by atoms with E-state index in [1.54, 1.807) is 24.3 Å². The van der Waals surface area contributed by atoms with E-state index in [0.717, 1.165) is 16.9 Å². The third-order valence-corrected chi connectivity index (χ3v) is 4.86. The molecular formula is C18H14ClN3O2S. The van der Waals surface area contributed by atoms with E-state index in [9.17, 15) is 9.59 Å². The van der Waals surface area contributed by atoms with E-state index in [-0.39, 0.29) is 10.8 Å². The minimum absolute atomic E-state index is 0.176. The summed E-state index contributed by atoms with van der Waals surface area (Å²) in [6, 6.07) is 18.3. The van der Waals surface area contributed by atoms with E-state index in [0.29, 0.717) is 22.1 Å². The number of halogens is 1. The molecule has 0 aliphatic rings. The lowest BCUT2D eigenvalue weighted by molar-refractivity contribution is 0.0955. The molecule has 3 rings (SSSR count). The molecule has 0 bridgehead atoms. The Balaban J connectivity index is 1.72. The molecule has 0 spiro atoms. The van der Waals surface area contributed by atoms with Gasteiger partial charge in [0.25, 0.3) is 5.91 Å². The van der Waals surface area contributed by atoms with Crippen molar-refractivity contribution in [3.63, 3.8) is 0 Å². The fraction of sp³-hybridized carbons (Fsp3) is 0.0556. The highest BCUT2D eigenvalue weighted by Crippen LogP contribution is 2.18. The smallest absolute Gasteiger partial charge is 0.284 e. The first-order valence-electron chi connectivity index (χ1n) is 7.46. The summed E-state index contributed by atoms with van der Waals surface area (Å²) in [6.45, 7) is 0.388. The van der Waals surface area contributed by atoms with Gasteiger partial charge in [0.1, 0.15) is 5.15 Å². The molecule has 0 aliphatic heterocycles. The normalized spacial score (nSPS) is 10.9. The third kappa shape index (κ3) is 4.23. The number of hydrogen-bond donors (Lipinski definition) is 1. The lowest BCUT2D eigenvalue weighted by Crippen LogP contribution is -2.17. The van der Waals surface area contributed by atoms with Crippen molar-refractivity contribution >= 4 is 35.1 Å². The summed E-state index contributed by atoms with van der Waals surface area (Å²) >= 11 is 7.26. The first-order valence-corrected chi connectivity index (χ1v) is 8.66. The number of carbonyl (C=O) groups excluding carboxylic acids is 1. The molecule has 7 heteroatoms. The van der Waals surface area contributed by atoms with E-state index in [1.807, 2.05) is 36.4 Å².